The molecule has 2 aliphatic rings. The second kappa shape index (κ2) is 7.14. The van der Waals surface area contributed by atoms with Crippen LogP contribution in [-0.2, 0) is 11.3 Å². The van der Waals surface area contributed by atoms with Crippen LogP contribution in [0.1, 0.15) is 31.2 Å². The van der Waals surface area contributed by atoms with Crippen molar-refractivity contribution in [1.82, 2.24) is 4.90 Å². The van der Waals surface area contributed by atoms with Gasteiger partial charge in [0, 0.05) is 38.1 Å². The lowest BCUT2D eigenvalue weighted by atomic mass is 10.0. The van der Waals surface area contributed by atoms with Gasteiger partial charge in [-0.1, -0.05) is 12.1 Å². The fourth-order valence-corrected chi connectivity index (χ4v) is 4.62. The molecule has 0 radical (unpaired) electrons. The summed E-state index contributed by atoms with van der Waals surface area (Å²) in [6.07, 6.45) is 4.45. The van der Waals surface area contributed by atoms with Crippen LogP contribution in [0.2, 0.25) is 0 Å². The zero-order valence-corrected chi connectivity index (χ0v) is 14.6. The van der Waals surface area contributed by atoms with E-state index in [2.05, 4.69) is 29.2 Å². The summed E-state index contributed by atoms with van der Waals surface area (Å²) in [5, 5.41) is 10.4. The van der Waals surface area contributed by atoms with Crippen molar-refractivity contribution in [1.29, 1.82) is 0 Å². The Morgan fingerprint density at radius 2 is 1.96 bits per heavy atom. The zero-order valence-electron chi connectivity index (χ0n) is 13.8. The van der Waals surface area contributed by atoms with Gasteiger partial charge in [0.25, 0.3) is 5.91 Å². The van der Waals surface area contributed by atoms with E-state index in [-0.39, 0.29) is 5.91 Å². The van der Waals surface area contributed by atoms with Gasteiger partial charge in [-0.05, 0) is 49.1 Å². The standard InChI is InChI=1S/C18H26N2O2S/c1-19(17(21)18(22)9-12-23-14-18)13-15-5-7-16(8-6-15)20-10-3-2-4-11-20/h5-8,22H,2-4,9-14H2,1H3. The molecule has 0 saturated carbocycles. The number of rotatable bonds is 4. The van der Waals surface area contributed by atoms with Crippen molar-refractivity contribution in [3.63, 3.8) is 0 Å². The summed E-state index contributed by atoms with van der Waals surface area (Å²) in [5.74, 6) is 1.23. The largest absolute Gasteiger partial charge is 0.379 e. The molecule has 0 spiro atoms. The maximum atomic E-state index is 12.4. The van der Waals surface area contributed by atoms with E-state index in [1.54, 1.807) is 23.7 Å². The molecule has 2 aliphatic heterocycles. The first-order valence-corrected chi connectivity index (χ1v) is 9.63. The average molecular weight is 334 g/mol. The normalized spacial score (nSPS) is 24.7. The highest BCUT2D eigenvalue weighted by Gasteiger charge is 2.41. The van der Waals surface area contributed by atoms with Gasteiger partial charge in [0.05, 0.1) is 0 Å². The van der Waals surface area contributed by atoms with Gasteiger partial charge in [-0.25, -0.2) is 0 Å². The molecule has 2 heterocycles. The second-order valence-electron chi connectivity index (χ2n) is 6.71. The molecule has 1 amide bonds. The summed E-state index contributed by atoms with van der Waals surface area (Å²) in [5.41, 5.74) is 1.22. The molecule has 5 heteroatoms. The predicted molar refractivity (Wildman–Crippen MR) is 95.9 cm³/mol. The van der Waals surface area contributed by atoms with Crippen LogP contribution < -0.4 is 4.90 Å². The number of thioether (sulfide) groups is 1. The summed E-state index contributed by atoms with van der Waals surface area (Å²) >= 11 is 1.65. The number of nitrogens with zero attached hydrogens (tertiary/aromatic N) is 2. The minimum absolute atomic E-state index is 0.150. The van der Waals surface area contributed by atoms with Crippen LogP contribution in [-0.4, -0.2) is 53.2 Å². The summed E-state index contributed by atoms with van der Waals surface area (Å²) in [4.78, 5) is 16.5. The van der Waals surface area contributed by atoms with Crippen molar-refractivity contribution in [3.05, 3.63) is 29.8 Å². The Bertz CT molecular complexity index is 534. The fraction of sp³-hybridized carbons (Fsp3) is 0.611. The van der Waals surface area contributed by atoms with Gasteiger partial charge in [0.1, 0.15) is 0 Å². The van der Waals surface area contributed by atoms with Crippen LogP contribution in [0.15, 0.2) is 24.3 Å². The number of anilines is 1. The zero-order chi connectivity index (χ0) is 16.3. The smallest absolute Gasteiger partial charge is 0.255 e. The highest BCUT2D eigenvalue weighted by molar-refractivity contribution is 7.99. The molecule has 1 aromatic carbocycles. The van der Waals surface area contributed by atoms with Gasteiger partial charge in [-0.3, -0.25) is 4.79 Å². The predicted octanol–water partition coefficient (Wildman–Crippen LogP) is 2.50. The first kappa shape index (κ1) is 16.7. The van der Waals surface area contributed by atoms with Crippen LogP contribution in [0.4, 0.5) is 5.69 Å². The third kappa shape index (κ3) is 3.83. The Labute approximate surface area is 142 Å². The topological polar surface area (TPSA) is 43.8 Å². The number of piperidine rings is 1. The third-order valence-corrected chi connectivity index (χ3v) is 6.00. The van der Waals surface area contributed by atoms with E-state index in [0.717, 1.165) is 24.4 Å². The van der Waals surface area contributed by atoms with Gasteiger partial charge >= 0.3 is 0 Å². The van der Waals surface area contributed by atoms with Crippen LogP contribution in [0.3, 0.4) is 0 Å². The molecule has 2 fully saturated rings. The number of hydrogen-bond acceptors (Lipinski definition) is 4. The molecule has 0 bridgehead atoms. The summed E-state index contributed by atoms with van der Waals surface area (Å²) in [7, 11) is 1.78. The lowest BCUT2D eigenvalue weighted by molar-refractivity contribution is -0.147. The molecule has 23 heavy (non-hydrogen) atoms. The Hall–Kier alpha value is -1.20. The van der Waals surface area contributed by atoms with Crippen molar-refractivity contribution >= 4 is 23.4 Å². The van der Waals surface area contributed by atoms with Crippen molar-refractivity contribution in [2.75, 3.05) is 36.5 Å². The molecular weight excluding hydrogens is 308 g/mol. The molecule has 1 unspecified atom stereocenters. The number of benzene rings is 1. The lowest BCUT2D eigenvalue weighted by Gasteiger charge is -2.29. The molecule has 0 aliphatic carbocycles. The fourth-order valence-electron chi connectivity index (χ4n) is 3.39. The van der Waals surface area contributed by atoms with E-state index in [0.29, 0.717) is 18.7 Å². The van der Waals surface area contributed by atoms with Gasteiger partial charge in [-0.15, -0.1) is 0 Å². The second-order valence-corrected chi connectivity index (χ2v) is 7.81. The van der Waals surface area contributed by atoms with Crippen molar-refractivity contribution in [2.24, 2.45) is 0 Å². The van der Waals surface area contributed by atoms with E-state index in [4.69, 9.17) is 0 Å². The Morgan fingerprint density at radius 3 is 2.57 bits per heavy atom. The van der Waals surface area contributed by atoms with E-state index in [1.165, 1.54) is 24.9 Å². The highest BCUT2D eigenvalue weighted by atomic mass is 32.2. The quantitative estimate of drug-likeness (QED) is 0.919. The maximum absolute atomic E-state index is 12.4. The SMILES string of the molecule is CN(Cc1ccc(N2CCCCC2)cc1)C(=O)C1(O)CCSC1. The molecule has 1 aromatic rings. The molecular formula is C18H26N2O2S. The lowest BCUT2D eigenvalue weighted by Crippen LogP contribution is -2.47. The number of carbonyl (C=O) groups excluding carboxylic acids is 1. The van der Waals surface area contributed by atoms with Crippen LogP contribution in [0.25, 0.3) is 0 Å². The van der Waals surface area contributed by atoms with Crippen molar-refractivity contribution in [3.8, 4) is 0 Å². The van der Waals surface area contributed by atoms with E-state index in [9.17, 15) is 9.90 Å². The van der Waals surface area contributed by atoms with Gasteiger partial charge in [0.2, 0.25) is 0 Å². The molecule has 126 valence electrons. The molecule has 0 aromatic heterocycles. The van der Waals surface area contributed by atoms with Gasteiger partial charge in [0.15, 0.2) is 5.60 Å². The van der Waals surface area contributed by atoms with Crippen molar-refractivity contribution < 1.29 is 9.90 Å². The van der Waals surface area contributed by atoms with Crippen LogP contribution in [0, 0.1) is 0 Å². The number of hydrogen-bond donors (Lipinski definition) is 1. The third-order valence-electron chi connectivity index (χ3n) is 4.82. The summed E-state index contributed by atoms with van der Waals surface area (Å²) in [6, 6.07) is 8.50. The Morgan fingerprint density at radius 1 is 1.26 bits per heavy atom. The van der Waals surface area contributed by atoms with Crippen LogP contribution >= 0.6 is 11.8 Å². The highest BCUT2D eigenvalue weighted by Crippen LogP contribution is 2.29. The monoisotopic (exact) mass is 334 g/mol. The van der Waals surface area contributed by atoms with E-state index in [1.807, 2.05) is 0 Å². The molecule has 3 rings (SSSR count). The first-order valence-electron chi connectivity index (χ1n) is 8.48. The molecule has 4 nitrogen and oxygen atoms in total. The molecule has 1 N–H and O–H groups in total. The van der Waals surface area contributed by atoms with Crippen molar-refractivity contribution in [2.45, 2.75) is 37.8 Å². The maximum Gasteiger partial charge on any atom is 0.255 e. The van der Waals surface area contributed by atoms with E-state index >= 15 is 0 Å². The van der Waals surface area contributed by atoms with Gasteiger partial charge in [-0.2, -0.15) is 11.8 Å². The Kier molecular flexibility index (Phi) is 5.17. The summed E-state index contributed by atoms with van der Waals surface area (Å²) < 4.78 is 0. The first-order chi connectivity index (χ1) is 11.1. The molecule has 1 atom stereocenters. The average Bonchev–Trinajstić information content (AvgIpc) is 3.03. The number of carbonyl (C=O) groups is 1. The minimum atomic E-state index is -1.16. The number of likely N-dealkylation sites (N-methyl/N-ethyl adjacent to an activating group) is 1. The minimum Gasteiger partial charge on any atom is -0.379 e. The Balaban J connectivity index is 1.60. The molecule has 2 saturated heterocycles. The number of aliphatic hydroxyl groups is 1. The summed E-state index contributed by atoms with van der Waals surface area (Å²) in [6.45, 7) is 2.83. The van der Waals surface area contributed by atoms with Crippen LogP contribution in [0.5, 0.6) is 0 Å². The van der Waals surface area contributed by atoms with Gasteiger partial charge < -0.3 is 14.9 Å². The number of amides is 1. The van der Waals surface area contributed by atoms with E-state index < -0.39 is 5.60 Å².